The van der Waals surface area contributed by atoms with Crippen molar-refractivity contribution in [2.75, 3.05) is 0 Å². The first-order valence-corrected chi connectivity index (χ1v) is 5.17. The maximum Gasteiger partial charge on any atom is 0.142 e. The lowest BCUT2D eigenvalue weighted by Gasteiger charge is -2.09. The molecule has 0 aliphatic heterocycles. The van der Waals surface area contributed by atoms with Gasteiger partial charge in [-0.3, -0.25) is 0 Å². The van der Waals surface area contributed by atoms with Crippen LogP contribution in [-0.2, 0) is 0 Å². The van der Waals surface area contributed by atoms with E-state index in [4.69, 9.17) is 5.73 Å². The highest BCUT2D eigenvalue weighted by Crippen LogP contribution is 2.27. The number of hydrogen-bond acceptors (Lipinski definition) is 1. The Labute approximate surface area is 93.1 Å². The molecule has 0 heterocycles. The maximum absolute atomic E-state index is 13.4. The summed E-state index contributed by atoms with van der Waals surface area (Å²) < 4.78 is 14.6. The van der Waals surface area contributed by atoms with Crippen molar-refractivity contribution in [3.63, 3.8) is 0 Å². The lowest BCUT2D eigenvalue weighted by Crippen LogP contribution is -2.09. The summed E-state index contributed by atoms with van der Waals surface area (Å²) in [5.74, 6) is -0.337. The Morgan fingerprint density at radius 1 is 1.46 bits per heavy atom. The summed E-state index contributed by atoms with van der Waals surface area (Å²) in [4.78, 5) is 0. The van der Waals surface area contributed by atoms with Gasteiger partial charge in [-0.15, -0.1) is 6.58 Å². The maximum atomic E-state index is 13.4. The number of hydrogen-bond donors (Lipinski definition) is 1. The van der Waals surface area contributed by atoms with Crippen molar-refractivity contribution < 1.29 is 4.39 Å². The van der Waals surface area contributed by atoms with E-state index in [0.717, 1.165) is 4.47 Å². The lowest BCUT2D eigenvalue weighted by atomic mass is 10.1. The van der Waals surface area contributed by atoms with Crippen LogP contribution in [-0.4, -0.2) is 0 Å². The van der Waals surface area contributed by atoms with E-state index in [0.29, 0.717) is 10.0 Å². The molecule has 0 spiro atoms. The quantitative estimate of drug-likeness (QED) is 0.656. The molecule has 70 valence electrons. The molecule has 13 heavy (non-hydrogen) atoms. The molecule has 0 aliphatic carbocycles. The SMILES string of the molecule is C=CC(N)c1cc(Br)cc(Br)c1F. The van der Waals surface area contributed by atoms with E-state index in [2.05, 4.69) is 38.4 Å². The van der Waals surface area contributed by atoms with Gasteiger partial charge in [-0.1, -0.05) is 22.0 Å². The van der Waals surface area contributed by atoms with Crippen LogP contribution in [0.25, 0.3) is 0 Å². The second-order valence-electron chi connectivity index (χ2n) is 2.55. The molecule has 0 aliphatic rings. The molecule has 1 atom stereocenters. The van der Waals surface area contributed by atoms with Gasteiger partial charge >= 0.3 is 0 Å². The third-order valence-electron chi connectivity index (χ3n) is 1.63. The second kappa shape index (κ2) is 4.35. The van der Waals surface area contributed by atoms with E-state index in [1.165, 1.54) is 6.08 Å². The van der Waals surface area contributed by atoms with E-state index in [1.54, 1.807) is 12.1 Å². The van der Waals surface area contributed by atoms with Crippen LogP contribution in [0.4, 0.5) is 4.39 Å². The molecule has 0 amide bonds. The van der Waals surface area contributed by atoms with Gasteiger partial charge in [0, 0.05) is 10.0 Å². The third-order valence-corrected chi connectivity index (χ3v) is 2.67. The van der Waals surface area contributed by atoms with Gasteiger partial charge in [0.25, 0.3) is 0 Å². The highest BCUT2D eigenvalue weighted by molar-refractivity contribution is 9.11. The number of nitrogens with two attached hydrogens (primary N) is 1. The van der Waals surface area contributed by atoms with Crippen LogP contribution < -0.4 is 5.73 Å². The van der Waals surface area contributed by atoms with Crippen molar-refractivity contribution in [1.82, 2.24) is 0 Å². The molecular weight excluding hydrogens is 301 g/mol. The molecule has 0 saturated carbocycles. The zero-order valence-corrected chi connectivity index (χ0v) is 9.90. The topological polar surface area (TPSA) is 26.0 Å². The van der Waals surface area contributed by atoms with Gasteiger partial charge in [0.15, 0.2) is 0 Å². The Bertz CT molecular complexity index is 339. The normalized spacial score (nSPS) is 12.6. The zero-order chi connectivity index (χ0) is 10.0. The molecule has 0 saturated heterocycles. The molecule has 1 rings (SSSR count). The van der Waals surface area contributed by atoms with Crippen LogP contribution >= 0.6 is 31.9 Å². The summed E-state index contributed by atoms with van der Waals surface area (Å²) in [7, 11) is 0. The summed E-state index contributed by atoms with van der Waals surface area (Å²) in [6.07, 6.45) is 1.50. The molecule has 0 aromatic heterocycles. The lowest BCUT2D eigenvalue weighted by molar-refractivity contribution is 0.595. The van der Waals surface area contributed by atoms with Crippen molar-refractivity contribution in [2.24, 2.45) is 5.73 Å². The van der Waals surface area contributed by atoms with Crippen LogP contribution in [0.1, 0.15) is 11.6 Å². The summed E-state index contributed by atoms with van der Waals surface area (Å²) in [6, 6.07) is 2.80. The molecule has 1 unspecified atom stereocenters. The first-order valence-electron chi connectivity index (χ1n) is 3.59. The Balaban J connectivity index is 3.27. The summed E-state index contributed by atoms with van der Waals surface area (Å²) in [6.45, 7) is 3.52. The van der Waals surface area contributed by atoms with E-state index < -0.39 is 6.04 Å². The van der Waals surface area contributed by atoms with Crippen LogP contribution in [0.3, 0.4) is 0 Å². The molecule has 1 aromatic carbocycles. The second-order valence-corrected chi connectivity index (χ2v) is 4.32. The van der Waals surface area contributed by atoms with Crippen molar-refractivity contribution in [1.29, 1.82) is 0 Å². The first-order chi connectivity index (χ1) is 6.06. The van der Waals surface area contributed by atoms with Crippen LogP contribution in [0.5, 0.6) is 0 Å². The minimum absolute atomic E-state index is 0.337. The zero-order valence-electron chi connectivity index (χ0n) is 6.73. The van der Waals surface area contributed by atoms with Crippen molar-refractivity contribution in [3.8, 4) is 0 Å². The largest absolute Gasteiger partial charge is 0.321 e. The first kappa shape index (κ1) is 10.9. The molecular formula is C9H8Br2FN. The molecule has 0 bridgehead atoms. The minimum Gasteiger partial charge on any atom is -0.321 e. The number of rotatable bonds is 2. The van der Waals surface area contributed by atoms with Gasteiger partial charge in [0.2, 0.25) is 0 Å². The van der Waals surface area contributed by atoms with Crippen molar-refractivity contribution in [2.45, 2.75) is 6.04 Å². The highest BCUT2D eigenvalue weighted by atomic mass is 79.9. The molecule has 2 N–H and O–H groups in total. The average Bonchev–Trinajstić information content (AvgIpc) is 2.10. The molecule has 4 heteroatoms. The molecule has 1 aromatic rings. The predicted octanol–water partition coefficient (Wildman–Crippen LogP) is 3.54. The molecule has 0 radical (unpaired) electrons. The van der Waals surface area contributed by atoms with E-state index >= 15 is 0 Å². The van der Waals surface area contributed by atoms with Crippen LogP contribution in [0.2, 0.25) is 0 Å². The van der Waals surface area contributed by atoms with E-state index in [1.807, 2.05) is 0 Å². The van der Waals surface area contributed by atoms with Gasteiger partial charge in [-0.05, 0) is 28.1 Å². The molecule has 1 nitrogen and oxygen atoms in total. The average molecular weight is 309 g/mol. The molecule has 0 fully saturated rings. The van der Waals surface area contributed by atoms with Gasteiger partial charge in [-0.2, -0.15) is 0 Å². The fourth-order valence-electron chi connectivity index (χ4n) is 0.945. The van der Waals surface area contributed by atoms with E-state index in [9.17, 15) is 4.39 Å². The summed E-state index contributed by atoms with van der Waals surface area (Å²) in [5, 5.41) is 0. The standard InChI is InChI=1S/C9H8Br2FN/c1-2-8(13)6-3-5(10)4-7(11)9(6)12/h2-4,8H,1,13H2. The predicted molar refractivity (Wildman–Crippen MR) is 58.9 cm³/mol. The van der Waals surface area contributed by atoms with Gasteiger partial charge in [0.05, 0.1) is 10.5 Å². The fourth-order valence-corrected chi connectivity index (χ4v) is 2.20. The van der Waals surface area contributed by atoms with Gasteiger partial charge in [0.1, 0.15) is 5.82 Å². The monoisotopic (exact) mass is 307 g/mol. The Hall–Kier alpha value is -0.190. The van der Waals surface area contributed by atoms with Crippen LogP contribution in [0.15, 0.2) is 33.7 Å². The van der Waals surface area contributed by atoms with Gasteiger partial charge < -0.3 is 5.73 Å². The Morgan fingerprint density at radius 3 is 2.62 bits per heavy atom. The Kier molecular flexibility index (Phi) is 3.64. The minimum atomic E-state index is -0.478. The van der Waals surface area contributed by atoms with Gasteiger partial charge in [-0.25, -0.2) is 4.39 Å². The Morgan fingerprint density at radius 2 is 2.08 bits per heavy atom. The smallest absolute Gasteiger partial charge is 0.142 e. The fraction of sp³-hybridized carbons (Fsp3) is 0.111. The number of benzene rings is 1. The van der Waals surface area contributed by atoms with Crippen molar-refractivity contribution in [3.05, 3.63) is 45.1 Å². The van der Waals surface area contributed by atoms with E-state index in [-0.39, 0.29) is 5.82 Å². The van der Waals surface area contributed by atoms with Crippen LogP contribution in [0, 0.1) is 5.82 Å². The summed E-state index contributed by atoms with van der Waals surface area (Å²) in [5.41, 5.74) is 6.06. The summed E-state index contributed by atoms with van der Waals surface area (Å²) >= 11 is 6.36. The highest BCUT2D eigenvalue weighted by Gasteiger charge is 2.12. The number of halogens is 3. The third kappa shape index (κ3) is 2.39. The van der Waals surface area contributed by atoms with Crippen molar-refractivity contribution >= 4 is 31.9 Å².